The van der Waals surface area contributed by atoms with Gasteiger partial charge in [0.25, 0.3) is 0 Å². The second kappa shape index (κ2) is 13.1. The van der Waals surface area contributed by atoms with E-state index in [1.807, 2.05) is 6.92 Å². The predicted molar refractivity (Wildman–Crippen MR) is 84.2 cm³/mol. The monoisotopic (exact) mass is 279 g/mol. The lowest BCUT2D eigenvalue weighted by Crippen LogP contribution is -2.21. The Labute approximate surface area is 123 Å². The van der Waals surface area contributed by atoms with E-state index in [-0.39, 0.29) is 0 Å². The number of unbranched alkanes of at least 4 members (excludes halogenated alkanes) is 1. The zero-order valence-electron chi connectivity index (χ0n) is 12.8. The van der Waals surface area contributed by atoms with Gasteiger partial charge in [-0.05, 0) is 44.7 Å². The highest BCUT2D eigenvalue weighted by Gasteiger charge is 1.93. The standard InChI is InChI=1S/C17H29NO2/c1-2-19-14-7-6-12-18-13-16-20-15-8-11-17-9-4-3-5-10-17/h3-5,9-10,18H,2,6-8,11-16H2,1H3. The fourth-order valence-corrected chi connectivity index (χ4v) is 1.99. The Hall–Kier alpha value is -0.900. The van der Waals surface area contributed by atoms with Crippen LogP contribution in [0.2, 0.25) is 0 Å². The van der Waals surface area contributed by atoms with Crippen LogP contribution in [0.15, 0.2) is 30.3 Å². The van der Waals surface area contributed by atoms with Gasteiger partial charge in [0.2, 0.25) is 0 Å². The van der Waals surface area contributed by atoms with Gasteiger partial charge in [-0.3, -0.25) is 0 Å². The van der Waals surface area contributed by atoms with E-state index in [4.69, 9.17) is 9.47 Å². The van der Waals surface area contributed by atoms with Gasteiger partial charge in [0.15, 0.2) is 0 Å². The van der Waals surface area contributed by atoms with Gasteiger partial charge >= 0.3 is 0 Å². The third-order valence-corrected chi connectivity index (χ3v) is 3.12. The molecule has 0 saturated carbocycles. The molecule has 1 rings (SSSR count). The Kier molecular flexibility index (Phi) is 11.2. The lowest BCUT2D eigenvalue weighted by Gasteiger charge is -2.06. The Morgan fingerprint density at radius 1 is 0.850 bits per heavy atom. The fraction of sp³-hybridized carbons (Fsp3) is 0.647. The molecule has 3 nitrogen and oxygen atoms in total. The van der Waals surface area contributed by atoms with Gasteiger partial charge in [-0.1, -0.05) is 30.3 Å². The molecular weight excluding hydrogens is 250 g/mol. The Balaban J connectivity index is 1.77. The van der Waals surface area contributed by atoms with Crippen LogP contribution in [0.5, 0.6) is 0 Å². The Bertz CT molecular complexity index is 303. The fourth-order valence-electron chi connectivity index (χ4n) is 1.99. The van der Waals surface area contributed by atoms with Crippen molar-refractivity contribution in [2.24, 2.45) is 0 Å². The maximum atomic E-state index is 5.61. The minimum atomic E-state index is 0.806. The van der Waals surface area contributed by atoms with Crippen LogP contribution in [-0.2, 0) is 15.9 Å². The maximum Gasteiger partial charge on any atom is 0.0590 e. The predicted octanol–water partition coefficient (Wildman–Crippen LogP) is 3.04. The van der Waals surface area contributed by atoms with E-state index >= 15 is 0 Å². The van der Waals surface area contributed by atoms with Gasteiger partial charge in [-0.25, -0.2) is 0 Å². The van der Waals surface area contributed by atoms with E-state index in [1.165, 1.54) is 12.0 Å². The first-order valence-electron chi connectivity index (χ1n) is 7.83. The van der Waals surface area contributed by atoms with Crippen LogP contribution in [0.25, 0.3) is 0 Å². The molecule has 0 spiro atoms. The second-order valence-electron chi connectivity index (χ2n) is 4.86. The van der Waals surface area contributed by atoms with Crippen LogP contribution in [0, 0.1) is 0 Å². The molecule has 1 aromatic rings. The highest BCUT2D eigenvalue weighted by Crippen LogP contribution is 2.02. The molecule has 0 atom stereocenters. The van der Waals surface area contributed by atoms with E-state index in [1.54, 1.807) is 0 Å². The number of hydrogen-bond acceptors (Lipinski definition) is 3. The topological polar surface area (TPSA) is 30.5 Å². The van der Waals surface area contributed by atoms with Crippen molar-refractivity contribution < 1.29 is 9.47 Å². The van der Waals surface area contributed by atoms with Crippen LogP contribution in [0.1, 0.15) is 31.7 Å². The molecule has 0 saturated heterocycles. The van der Waals surface area contributed by atoms with E-state index in [0.717, 1.165) is 58.8 Å². The van der Waals surface area contributed by atoms with Crippen LogP contribution in [0.3, 0.4) is 0 Å². The SMILES string of the molecule is CCOCCCCNCCOCCCc1ccccc1. The van der Waals surface area contributed by atoms with Crippen LogP contribution in [-0.4, -0.2) is 39.5 Å². The molecular formula is C17H29NO2. The van der Waals surface area contributed by atoms with Crippen molar-refractivity contribution in [3.05, 3.63) is 35.9 Å². The molecule has 0 aromatic heterocycles. The van der Waals surface area contributed by atoms with Crippen molar-refractivity contribution in [2.45, 2.75) is 32.6 Å². The summed E-state index contributed by atoms with van der Waals surface area (Å²) in [6.07, 6.45) is 4.51. The molecule has 1 aromatic carbocycles. The van der Waals surface area contributed by atoms with E-state index in [0.29, 0.717) is 0 Å². The number of ether oxygens (including phenoxy) is 2. The zero-order valence-corrected chi connectivity index (χ0v) is 12.8. The molecule has 0 unspecified atom stereocenters. The van der Waals surface area contributed by atoms with E-state index < -0.39 is 0 Å². The number of rotatable bonds is 13. The molecule has 0 aliphatic rings. The lowest BCUT2D eigenvalue weighted by molar-refractivity contribution is 0.132. The van der Waals surface area contributed by atoms with E-state index in [2.05, 4.69) is 35.6 Å². The smallest absolute Gasteiger partial charge is 0.0590 e. The third-order valence-electron chi connectivity index (χ3n) is 3.12. The van der Waals surface area contributed by atoms with Crippen LogP contribution >= 0.6 is 0 Å². The third kappa shape index (κ3) is 9.96. The normalized spacial score (nSPS) is 10.8. The molecule has 1 N–H and O–H groups in total. The van der Waals surface area contributed by atoms with E-state index in [9.17, 15) is 0 Å². The van der Waals surface area contributed by atoms with Gasteiger partial charge < -0.3 is 14.8 Å². The maximum absolute atomic E-state index is 5.61. The summed E-state index contributed by atoms with van der Waals surface area (Å²) in [4.78, 5) is 0. The summed E-state index contributed by atoms with van der Waals surface area (Å²) in [5.41, 5.74) is 1.39. The van der Waals surface area contributed by atoms with Gasteiger partial charge in [0.05, 0.1) is 6.61 Å². The minimum Gasteiger partial charge on any atom is -0.382 e. The molecule has 0 heterocycles. The van der Waals surface area contributed by atoms with Crippen molar-refractivity contribution in [1.29, 1.82) is 0 Å². The number of aryl methyl sites for hydroxylation is 1. The Morgan fingerprint density at radius 3 is 2.45 bits per heavy atom. The summed E-state index contributed by atoms with van der Waals surface area (Å²) in [7, 11) is 0. The molecule has 3 heteroatoms. The van der Waals surface area contributed by atoms with Crippen molar-refractivity contribution in [1.82, 2.24) is 5.32 Å². The second-order valence-corrected chi connectivity index (χ2v) is 4.86. The first-order chi connectivity index (χ1) is 9.93. The van der Waals surface area contributed by atoms with Crippen molar-refractivity contribution >= 4 is 0 Å². The van der Waals surface area contributed by atoms with Crippen molar-refractivity contribution in [2.75, 3.05) is 39.5 Å². The molecule has 0 fully saturated rings. The summed E-state index contributed by atoms with van der Waals surface area (Å²) in [5, 5.41) is 3.39. The molecule has 20 heavy (non-hydrogen) atoms. The summed E-state index contributed by atoms with van der Waals surface area (Å²) in [6.45, 7) is 7.40. The molecule has 0 aliphatic carbocycles. The first-order valence-corrected chi connectivity index (χ1v) is 7.83. The largest absolute Gasteiger partial charge is 0.382 e. The summed E-state index contributed by atoms with van der Waals surface area (Å²) in [5.74, 6) is 0. The molecule has 0 radical (unpaired) electrons. The first kappa shape index (κ1) is 17.2. The highest BCUT2D eigenvalue weighted by molar-refractivity contribution is 5.14. The Morgan fingerprint density at radius 2 is 1.65 bits per heavy atom. The molecule has 0 bridgehead atoms. The van der Waals surface area contributed by atoms with Crippen molar-refractivity contribution in [3.8, 4) is 0 Å². The van der Waals surface area contributed by atoms with Crippen molar-refractivity contribution in [3.63, 3.8) is 0 Å². The van der Waals surface area contributed by atoms with Crippen LogP contribution in [0.4, 0.5) is 0 Å². The van der Waals surface area contributed by atoms with Gasteiger partial charge in [-0.15, -0.1) is 0 Å². The van der Waals surface area contributed by atoms with Gasteiger partial charge in [-0.2, -0.15) is 0 Å². The van der Waals surface area contributed by atoms with Gasteiger partial charge in [0, 0.05) is 26.4 Å². The lowest BCUT2D eigenvalue weighted by atomic mass is 10.1. The quantitative estimate of drug-likeness (QED) is 0.563. The number of benzene rings is 1. The molecule has 0 amide bonds. The minimum absolute atomic E-state index is 0.806. The summed E-state index contributed by atoms with van der Waals surface area (Å²) < 4.78 is 10.9. The summed E-state index contributed by atoms with van der Waals surface area (Å²) >= 11 is 0. The molecule has 114 valence electrons. The number of hydrogen-bond donors (Lipinski definition) is 1. The average Bonchev–Trinajstić information content (AvgIpc) is 2.49. The highest BCUT2D eigenvalue weighted by atomic mass is 16.5. The molecule has 0 aliphatic heterocycles. The zero-order chi connectivity index (χ0) is 14.3. The summed E-state index contributed by atoms with van der Waals surface area (Å²) in [6, 6.07) is 10.6. The number of nitrogens with one attached hydrogen (secondary N) is 1. The van der Waals surface area contributed by atoms with Gasteiger partial charge in [0.1, 0.15) is 0 Å². The van der Waals surface area contributed by atoms with Crippen LogP contribution < -0.4 is 5.32 Å². The average molecular weight is 279 g/mol.